The number of amidine groups is 1. The van der Waals surface area contributed by atoms with Crippen LogP contribution in [0.5, 0.6) is 0 Å². The number of anilines is 1. The quantitative estimate of drug-likeness (QED) is 0.464. The molecule has 208 valence electrons. The second-order valence-electron chi connectivity index (χ2n) is 10.3. The van der Waals surface area contributed by atoms with Crippen molar-refractivity contribution < 1.29 is 35.5 Å². The first-order valence-corrected chi connectivity index (χ1v) is 16.4. The van der Waals surface area contributed by atoms with Gasteiger partial charge in [-0.1, -0.05) is 6.07 Å². The number of nitrogens with zero attached hydrogens (tertiary/aromatic N) is 2. The minimum Gasteiger partial charge on any atom is -0.511 e. The van der Waals surface area contributed by atoms with Crippen LogP contribution >= 0.6 is 11.3 Å². The van der Waals surface area contributed by atoms with Crippen LogP contribution in [0.4, 0.5) is 13.8 Å². The first-order valence-electron chi connectivity index (χ1n) is 12.2. The number of sulfonamides is 2. The summed E-state index contributed by atoms with van der Waals surface area (Å²) >= 11 is 1.00. The Morgan fingerprint density at radius 1 is 1.23 bits per heavy atom. The third kappa shape index (κ3) is 4.44. The zero-order chi connectivity index (χ0) is 27.9. The summed E-state index contributed by atoms with van der Waals surface area (Å²) in [6.07, 6.45) is 3.46. The minimum atomic E-state index is -4.37. The lowest BCUT2D eigenvalue weighted by Crippen LogP contribution is -2.53. The SMILES string of the molecule is CS(=O)(=O)NCc1csc2c1S(=O)(=O)N=C(C1=C(O)C3C([C@@H]4CC[C@H]3C4)N(Cc3ccc(F)c(F)c3)C1=O)N2. The van der Waals surface area contributed by atoms with Crippen molar-refractivity contribution in [3.63, 3.8) is 0 Å². The van der Waals surface area contributed by atoms with Crippen molar-refractivity contribution in [3.8, 4) is 0 Å². The first kappa shape index (κ1) is 26.3. The van der Waals surface area contributed by atoms with Gasteiger partial charge in [0.1, 0.15) is 21.2 Å². The molecule has 4 aliphatic rings. The van der Waals surface area contributed by atoms with E-state index in [1.165, 1.54) is 16.3 Å². The molecule has 6 rings (SSSR count). The number of carbonyl (C=O) groups is 1. The van der Waals surface area contributed by atoms with Gasteiger partial charge in [0.2, 0.25) is 10.0 Å². The summed E-state index contributed by atoms with van der Waals surface area (Å²) in [4.78, 5) is 15.2. The highest BCUT2D eigenvalue weighted by molar-refractivity contribution is 7.91. The van der Waals surface area contributed by atoms with Gasteiger partial charge in [0.15, 0.2) is 17.5 Å². The highest BCUT2D eigenvalue weighted by Crippen LogP contribution is 2.55. The zero-order valence-corrected chi connectivity index (χ0v) is 23.0. The van der Waals surface area contributed by atoms with E-state index in [9.17, 15) is 35.5 Å². The van der Waals surface area contributed by atoms with Crippen LogP contribution in [-0.4, -0.2) is 50.9 Å². The van der Waals surface area contributed by atoms with E-state index in [2.05, 4.69) is 14.4 Å². The number of hydrogen-bond acceptors (Lipinski definition) is 8. The molecule has 0 radical (unpaired) electrons. The smallest absolute Gasteiger partial charge is 0.287 e. The molecule has 0 saturated heterocycles. The van der Waals surface area contributed by atoms with Crippen molar-refractivity contribution in [2.24, 2.45) is 22.2 Å². The molecule has 1 amide bonds. The molecule has 0 spiro atoms. The summed E-state index contributed by atoms with van der Waals surface area (Å²) in [5, 5.41) is 15.9. The first-order chi connectivity index (χ1) is 18.3. The number of nitrogens with one attached hydrogen (secondary N) is 2. The van der Waals surface area contributed by atoms with Crippen LogP contribution < -0.4 is 10.0 Å². The van der Waals surface area contributed by atoms with Gasteiger partial charge in [-0.15, -0.1) is 15.7 Å². The molecule has 2 fully saturated rings. The lowest BCUT2D eigenvalue weighted by Gasteiger charge is -2.44. The Morgan fingerprint density at radius 2 is 1.97 bits per heavy atom. The summed E-state index contributed by atoms with van der Waals surface area (Å²) in [5.74, 6) is -3.50. The number of thiophene rings is 1. The molecule has 3 heterocycles. The van der Waals surface area contributed by atoms with Crippen molar-refractivity contribution in [1.82, 2.24) is 9.62 Å². The van der Waals surface area contributed by atoms with Crippen molar-refractivity contribution in [1.29, 1.82) is 0 Å². The number of hydrogen-bond donors (Lipinski definition) is 3. The Kier molecular flexibility index (Phi) is 6.13. The van der Waals surface area contributed by atoms with Crippen molar-refractivity contribution in [2.75, 3.05) is 11.6 Å². The minimum absolute atomic E-state index is 0.0528. The van der Waals surface area contributed by atoms with Crippen LogP contribution in [0.2, 0.25) is 0 Å². The van der Waals surface area contributed by atoms with Crippen LogP contribution in [0.3, 0.4) is 0 Å². The van der Waals surface area contributed by atoms with Gasteiger partial charge in [0.25, 0.3) is 15.9 Å². The van der Waals surface area contributed by atoms with Crippen LogP contribution in [-0.2, 0) is 37.9 Å². The normalized spacial score (nSPS) is 27.3. The highest BCUT2D eigenvalue weighted by atomic mass is 32.2. The number of carbonyl (C=O) groups excluding carboxylic acids is 1. The van der Waals surface area contributed by atoms with Gasteiger partial charge in [-0.2, -0.15) is 8.42 Å². The molecular formula is C24H24F2N4O6S3. The predicted molar refractivity (Wildman–Crippen MR) is 139 cm³/mol. The lowest BCUT2D eigenvalue weighted by molar-refractivity contribution is -0.134. The van der Waals surface area contributed by atoms with Gasteiger partial charge in [-0.3, -0.25) is 4.79 Å². The van der Waals surface area contributed by atoms with E-state index in [1.54, 1.807) is 0 Å². The second kappa shape index (κ2) is 9.08. The lowest BCUT2D eigenvalue weighted by atomic mass is 9.77. The Balaban J connectivity index is 1.39. The zero-order valence-electron chi connectivity index (χ0n) is 20.5. The standard InChI is InChI=1S/C24H24F2N4O6S3/c1-38(33,34)27-8-14-10-37-23-21(14)39(35,36)29-22(28-23)18-20(31)17-12-3-4-13(7-12)19(17)30(24(18)32)9-11-2-5-15(25)16(26)6-11/h2,5-6,10,12-13,17,19,27,31H,3-4,7-9H2,1H3,(H,28,29)/t12-,13+,17?,19?/m0/s1. The van der Waals surface area contributed by atoms with Gasteiger partial charge in [0, 0.05) is 30.6 Å². The van der Waals surface area contributed by atoms with Crippen LogP contribution in [0, 0.1) is 29.4 Å². The van der Waals surface area contributed by atoms with E-state index < -0.39 is 43.5 Å². The Bertz CT molecular complexity index is 1680. The molecule has 3 N–H and O–H groups in total. The van der Waals surface area contributed by atoms with Crippen LogP contribution in [0.25, 0.3) is 0 Å². The molecule has 2 unspecified atom stereocenters. The number of rotatable bonds is 6. The molecule has 1 aromatic heterocycles. The largest absolute Gasteiger partial charge is 0.511 e. The van der Waals surface area contributed by atoms with Crippen molar-refractivity contribution in [2.45, 2.75) is 43.3 Å². The van der Waals surface area contributed by atoms with E-state index >= 15 is 0 Å². The van der Waals surface area contributed by atoms with Crippen LogP contribution in [0.1, 0.15) is 30.4 Å². The summed E-state index contributed by atoms with van der Waals surface area (Å²) in [6, 6.07) is 3.03. The van der Waals surface area contributed by atoms with Crippen LogP contribution in [0.15, 0.2) is 44.2 Å². The number of benzene rings is 1. The molecule has 2 aliphatic heterocycles. The van der Waals surface area contributed by atoms with Gasteiger partial charge >= 0.3 is 0 Å². The number of aliphatic hydroxyl groups is 1. The molecule has 2 aliphatic carbocycles. The summed E-state index contributed by atoms with van der Waals surface area (Å²) < 4.78 is 83.1. The number of aliphatic hydroxyl groups excluding tert-OH is 1. The van der Waals surface area contributed by atoms with E-state index in [1.807, 2.05) is 0 Å². The maximum atomic E-state index is 14.0. The monoisotopic (exact) mass is 598 g/mol. The average molecular weight is 599 g/mol. The molecule has 2 saturated carbocycles. The maximum Gasteiger partial charge on any atom is 0.287 e. The van der Waals surface area contributed by atoms with Gasteiger partial charge in [-0.25, -0.2) is 21.9 Å². The van der Waals surface area contributed by atoms with Gasteiger partial charge in [-0.05, 0) is 54.2 Å². The highest BCUT2D eigenvalue weighted by Gasteiger charge is 2.57. The third-order valence-corrected chi connectivity index (χ3v) is 11.0. The topological polar surface area (TPSA) is 145 Å². The molecule has 1 aromatic carbocycles. The van der Waals surface area contributed by atoms with Gasteiger partial charge in [0.05, 0.1) is 6.26 Å². The van der Waals surface area contributed by atoms with Crippen molar-refractivity contribution in [3.05, 3.63) is 57.7 Å². The number of amides is 1. The molecule has 2 bridgehead atoms. The fourth-order valence-electron chi connectivity index (χ4n) is 6.37. The maximum absolute atomic E-state index is 14.0. The molecule has 4 atom stereocenters. The second-order valence-corrected chi connectivity index (χ2v) is 14.6. The van der Waals surface area contributed by atoms with Gasteiger partial charge < -0.3 is 15.3 Å². The van der Waals surface area contributed by atoms with Crippen molar-refractivity contribution >= 4 is 48.1 Å². The fourth-order valence-corrected chi connectivity index (χ4v) is 9.40. The molecule has 10 nitrogen and oxygen atoms in total. The van der Waals surface area contributed by atoms with E-state index in [0.29, 0.717) is 5.56 Å². The average Bonchev–Trinajstić information content (AvgIpc) is 3.57. The fraction of sp³-hybridized carbons (Fsp3) is 0.417. The summed E-state index contributed by atoms with van der Waals surface area (Å²) in [7, 11) is -7.96. The number of halogens is 2. The predicted octanol–water partition coefficient (Wildman–Crippen LogP) is 2.86. The molecular weight excluding hydrogens is 574 g/mol. The summed E-state index contributed by atoms with van der Waals surface area (Å²) in [5.41, 5.74) is 0.279. The molecule has 2 aromatic rings. The molecule has 39 heavy (non-hydrogen) atoms. The Morgan fingerprint density at radius 3 is 2.69 bits per heavy atom. The van der Waals surface area contributed by atoms with E-state index in [4.69, 9.17) is 0 Å². The van der Waals surface area contributed by atoms with E-state index in [0.717, 1.165) is 49.0 Å². The number of fused-ring (bicyclic) bond motifs is 6. The summed E-state index contributed by atoms with van der Waals surface area (Å²) in [6.45, 7) is -0.319. The van der Waals surface area contributed by atoms with E-state index in [-0.39, 0.29) is 63.6 Å². The third-order valence-electron chi connectivity index (χ3n) is 7.90. The Labute approximate surface area is 227 Å². The molecule has 15 heteroatoms. The Hall–Kier alpha value is -2.88.